The number of hydrogen-bond donors (Lipinski definition) is 0. The minimum Gasteiger partial charge on any atom is -0.591 e. The van der Waals surface area contributed by atoms with Gasteiger partial charge in [0.2, 0.25) is 5.82 Å². The first kappa shape index (κ1) is 14.9. The first-order valence-electron chi connectivity index (χ1n) is 5.25. The second-order valence-electron chi connectivity index (χ2n) is 3.45. The van der Waals surface area contributed by atoms with Crippen LogP contribution in [0, 0.1) is 0 Å². The Morgan fingerprint density at radius 3 is 2.50 bits per heavy atom. The van der Waals surface area contributed by atoms with Crippen molar-refractivity contribution in [2.24, 2.45) is 4.40 Å². The van der Waals surface area contributed by atoms with Crippen LogP contribution >= 0.6 is 0 Å². The van der Waals surface area contributed by atoms with E-state index in [1.54, 1.807) is 0 Å². The Kier molecular flexibility index (Phi) is 5.54. The second kappa shape index (κ2) is 6.69. The Morgan fingerprint density at radius 1 is 1.39 bits per heavy atom. The van der Waals surface area contributed by atoms with E-state index in [1.807, 2.05) is 6.92 Å². The highest BCUT2D eigenvalue weighted by Gasteiger charge is 2.34. The summed E-state index contributed by atoms with van der Waals surface area (Å²) in [7, 11) is 0. The Labute approximate surface area is 106 Å². The fraction of sp³-hybridized carbons (Fsp3) is 0.500. The highest BCUT2D eigenvalue weighted by molar-refractivity contribution is 7.90. The minimum atomic E-state index is -4.56. The molecule has 0 aliphatic carbocycles. The van der Waals surface area contributed by atoms with Gasteiger partial charge < -0.3 is 4.55 Å². The molecule has 0 spiro atoms. The molecule has 0 aliphatic rings. The fourth-order valence-electron chi connectivity index (χ4n) is 0.991. The summed E-state index contributed by atoms with van der Waals surface area (Å²) in [6.07, 6.45) is 0.344. The predicted octanol–water partition coefficient (Wildman–Crippen LogP) is 2.38. The third kappa shape index (κ3) is 5.01. The Hall–Kier alpha value is -1.15. The quantitative estimate of drug-likeness (QED) is 0.614. The van der Waals surface area contributed by atoms with Gasteiger partial charge >= 0.3 is 6.18 Å². The van der Waals surface area contributed by atoms with Gasteiger partial charge in [-0.05, 0) is 6.42 Å². The molecule has 1 aromatic rings. The molecule has 8 heteroatoms. The zero-order chi connectivity index (χ0) is 13.6. The first-order chi connectivity index (χ1) is 8.43. The number of rotatable bonds is 5. The van der Waals surface area contributed by atoms with E-state index in [4.69, 9.17) is 0 Å². The van der Waals surface area contributed by atoms with E-state index >= 15 is 0 Å². The number of nitrogens with zero attached hydrogens (tertiary/aromatic N) is 3. The van der Waals surface area contributed by atoms with Gasteiger partial charge in [-0.15, -0.1) is 0 Å². The molecule has 0 aliphatic heterocycles. The SMILES string of the molecule is CCCC[S@+]([O-])/N=C/c1cnc(C(F)(F)F)nc1. The number of unbranched alkanes of at least 4 members (excludes halogenated alkanes) is 1. The lowest BCUT2D eigenvalue weighted by Crippen LogP contribution is -2.11. The van der Waals surface area contributed by atoms with Crippen molar-refractivity contribution < 1.29 is 17.7 Å². The molecule has 0 radical (unpaired) electrons. The van der Waals surface area contributed by atoms with Crippen LogP contribution in [-0.4, -0.2) is 26.5 Å². The van der Waals surface area contributed by atoms with Crippen LogP contribution in [0.4, 0.5) is 13.2 Å². The Morgan fingerprint density at radius 2 is 2.00 bits per heavy atom. The van der Waals surface area contributed by atoms with Gasteiger partial charge in [-0.1, -0.05) is 17.7 Å². The van der Waals surface area contributed by atoms with Crippen molar-refractivity contribution in [2.45, 2.75) is 25.9 Å². The Balaban J connectivity index is 2.61. The molecule has 100 valence electrons. The third-order valence-electron chi connectivity index (χ3n) is 1.92. The van der Waals surface area contributed by atoms with Gasteiger partial charge in [-0.2, -0.15) is 13.2 Å². The number of aromatic nitrogens is 2. The van der Waals surface area contributed by atoms with Gasteiger partial charge in [-0.3, -0.25) is 0 Å². The van der Waals surface area contributed by atoms with Crippen LogP contribution in [0.1, 0.15) is 31.2 Å². The third-order valence-corrected chi connectivity index (χ3v) is 2.90. The zero-order valence-electron chi connectivity index (χ0n) is 9.65. The molecule has 1 heterocycles. The summed E-state index contributed by atoms with van der Waals surface area (Å²) in [4.78, 5) is 6.33. The lowest BCUT2D eigenvalue weighted by molar-refractivity contribution is -0.145. The maximum Gasteiger partial charge on any atom is 0.451 e. The zero-order valence-corrected chi connectivity index (χ0v) is 10.5. The molecule has 0 amide bonds. The van der Waals surface area contributed by atoms with E-state index in [2.05, 4.69) is 14.4 Å². The maximum absolute atomic E-state index is 12.2. The van der Waals surface area contributed by atoms with Crippen molar-refractivity contribution in [1.82, 2.24) is 9.97 Å². The average molecular weight is 279 g/mol. The van der Waals surface area contributed by atoms with Gasteiger partial charge in [0.25, 0.3) is 0 Å². The summed E-state index contributed by atoms with van der Waals surface area (Å²) >= 11 is -1.35. The van der Waals surface area contributed by atoms with E-state index in [1.165, 1.54) is 6.21 Å². The summed E-state index contributed by atoms with van der Waals surface area (Å²) in [6, 6.07) is 0. The molecule has 1 rings (SSSR count). The summed E-state index contributed by atoms with van der Waals surface area (Å²) in [5, 5.41) is 0. The highest BCUT2D eigenvalue weighted by atomic mass is 32.2. The fourth-order valence-corrected chi connectivity index (χ4v) is 1.87. The monoisotopic (exact) mass is 279 g/mol. The lowest BCUT2D eigenvalue weighted by atomic mass is 10.4. The van der Waals surface area contributed by atoms with Crippen LogP contribution in [0.3, 0.4) is 0 Å². The largest absolute Gasteiger partial charge is 0.591 e. The normalized spacial score (nSPS) is 14.1. The summed E-state index contributed by atoms with van der Waals surface area (Å²) in [5.74, 6) is -0.763. The van der Waals surface area contributed by atoms with E-state index < -0.39 is 23.4 Å². The van der Waals surface area contributed by atoms with Crippen molar-refractivity contribution in [1.29, 1.82) is 0 Å². The highest BCUT2D eigenvalue weighted by Crippen LogP contribution is 2.25. The summed E-state index contributed by atoms with van der Waals surface area (Å²) < 4.78 is 51.5. The van der Waals surface area contributed by atoms with Crippen LogP contribution in [0.25, 0.3) is 0 Å². The molecule has 0 fully saturated rings. The van der Waals surface area contributed by atoms with Crippen LogP contribution in [0.15, 0.2) is 16.8 Å². The average Bonchev–Trinajstić information content (AvgIpc) is 2.33. The van der Waals surface area contributed by atoms with Crippen LogP contribution in [0.2, 0.25) is 0 Å². The Bertz CT molecular complexity index is 394. The van der Waals surface area contributed by atoms with Crippen molar-refractivity contribution in [3.8, 4) is 0 Å². The molecule has 0 bridgehead atoms. The molecule has 1 atom stereocenters. The lowest BCUT2D eigenvalue weighted by Gasteiger charge is -2.03. The van der Waals surface area contributed by atoms with Crippen molar-refractivity contribution in [3.05, 3.63) is 23.8 Å². The van der Waals surface area contributed by atoms with Crippen LogP contribution in [0.5, 0.6) is 0 Å². The summed E-state index contributed by atoms with van der Waals surface area (Å²) in [6.45, 7) is 1.96. The van der Waals surface area contributed by atoms with E-state index in [0.29, 0.717) is 5.75 Å². The number of halogens is 3. The molecule has 0 saturated heterocycles. The van der Waals surface area contributed by atoms with E-state index in [9.17, 15) is 17.7 Å². The molecule has 18 heavy (non-hydrogen) atoms. The van der Waals surface area contributed by atoms with E-state index in [0.717, 1.165) is 25.2 Å². The minimum absolute atomic E-state index is 0.285. The van der Waals surface area contributed by atoms with Crippen molar-refractivity contribution in [3.63, 3.8) is 0 Å². The maximum atomic E-state index is 12.2. The van der Waals surface area contributed by atoms with Gasteiger partial charge in [0, 0.05) is 18.0 Å². The molecule has 0 aromatic carbocycles. The topological polar surface area (TPSA) is 61.2 Å². The van der Waals surface area contributed by atoms with Gasteiger partial charge in [0.05, 0.1) is 17.6 Å². The molecule has 1 aromatic heterocycles. The molecule has 0 N–H and O–H groups in total. The molecule has 4 nitrogen and oxygen atoms in total. The van der Waals surface area contributed by atoms with Gasteiger partial charge in [0.15, 0.2) is 0 Å². The van der Waals surface area contributed by atoms with E-state index in [-0.39, 0.29) is 5.56 Å². The summed E-state index contributed by atoms with van der Waals surface area (Å²) in [5.41, 5.74) is 0.285. The molecular formula is C10H12F3N3OS. The molecule has 0 saturated carbocycles. The number of hydrogen-bond acceptors (Lipinski definition) is 4. The smallest absolute Gasteiger partial charge is 0.451 e. The van der Waals surface area contributed by atoms with Crippen molar-refractivity contribution >= 4 is 17.6 Å². The predicted molar refractivity (Wildman–Crippen MR) is 62.5 cm³/mol. The first-order valence-corrected chi connectivity index (χ1v) is 6.53. The molecule has 0 unspecified atom stereocenters. The number of alkyl halides is 3. The van der Waals surface area contributed by atoms with Gasteiger partial charge in [0.1, 0.15) is 5.75 Å². The van der Waals surface area contributed by atoms with Crippen LogP contribution < -0.4 is 0 Å². The van der Waals surface area contributed by atoms with Crippen molar-refractivity contribution in [2.75, 3.05) is 5.75 Å². The second-order valence-corrected chi connectivity index (χ2v) is 4.71. The van der Waals surface area contributed by atoms with Crippen LogP contribution in [-0.2, 0) is 17.5 Å². The molecular weight excluding hydrogens is 267 g/mol. The standard InChI is InChI=1S/C10H12F3N3OS/c1-2-3-4-18(17)16-7-8-5-14-9(15-6-8)10(11,12)13/h5-7H,2-4H2,1H3/b16-7+/t18-/m0/s1. The van der Waals surface area contributed by atoms with Gasteiger partial charge in [-0.25, -0.2) is 9.97 Å².